The molecule has 3 nitrogen and oxygen atoms in total. The number of benzene rings is 1. The number of alkyl halides is 4. The summed E-state index contributed by atoms with van der Waals surface area (Å²) >= 11 is 0.227. The third-order valence-corrected chi connectivity index (χ3v) is 10.3. The van der Waals surface area contributed by atoms with Gasteiger partial charge in [-0.3, -0.25) is 0 Å². The first-order valence-corrected chi connectivity index (χ1v) is 12.0. The molecule has 2 unspecified atom stereocenters. The van der Waals surface area contributed by atoms with Gasteiger partial charge in [0.2, 0.25) is 0 Å². The summed E-state index contributed by atoms with van der Waals surface area (Å²) < 4.78 is 65.3. The molecule has 1 aromatic carbocycles. The van der Waals surface area contributed by atoms with Crippen molar-refractivity contribution in [2.45, 2.75) is 27.6 Å². The fourth-order valence-electron chi connectivity index (χ4n) is 2.96. The van der Waals surface area contributed by atoms with Crippen molar-refractivity contribution in [2.24, 2.45) is 0 Å². The fraction of sp³-hybridized carbons (Fsp3) is 0.294. The third kappa shape index (κ3) is 3.39. The predicted molar refractivity (Wildman–Crippen MR) is 107 cm³/mol. The number of hydrogen-bond acceptors (Lipinski definition) is 2. The van der Waals surface area contributed by atoms with Gasteiger partial charge in [-0.25, -0.2) is 0 Å². The Morgan fingerprint density at radius 3 is 2.58 bits per heavy atom. The molecule has 0 saturated heterocycles. The molecule has 0 aliphatic heterocycles. The van der Waals surface area contributed by atoms with Crippen molar-refractivity contribution in [1.82, 2.24) is 3.97 Å². The van der Waals surface area contributed by atoms with Crippen LogP contribution >= 0.6 is 22.6 Å². The van der Waals surface area contributed by atoms with Crippen LogP contribution in [-0.2, 0) is 10.0 Å². The molecule has 1 heterocycles. The van der Waals surface area contributed by atoms with E-state index in [-0.39, 0.29) is 13.9 Å². The van der Waals surface area contributed by atoms with E-state index in [0.29, 0.717) is 5.39 Å². The Morgan fingerprint density at radius 1 is 1.27 bits per heavy atom. The van der Waals surface area contributed by atoms with E-state index >= 15 is 0 Å². The average molecular weight is 560 g/mol. The summed E-state index contributed by atoms with van der Waals surface area (Å²) in [5.74, 6) is 0. The maximum atomic E-state index is 13.5. The monoisotopic (exact) mass is 561 g/mol. The van der Waals surface area contributed by atoms with Gasteiger partial charge in [0.05, 0.1) is 0 Å². The topological polar surface area (TPSA) is 39.1 Å². The van der Waals surface area contributed by atoms with Crippen molar-refractivity contribution in [2.75, 3.05) is 0 Å². The van der Waals surface area contributed by atoms with E-state index in [1.165, 1.54) is 6.07 Å². The standard InChI is InChI=1S/C17H15F3INO2SSe/c1-11-7-8-15(21)16(2,9-11)25(23,24)22-10-14(26-17(18,19)20)12-5-3-4-6-13(12)22/h3-10,15H,1-2H3. The molecule has 3 rings (SSSR count). The normalized spacial score (nSPS) is 24.1. The van der Waals surface area contributed by atoms with E-state index in [0.717, 1.165) is 15.7 Å². The van der Waals surface area contributed by atoms with Crippen molar-refractivity contribution in [1.29, 1.82) is 0 Å². The average Bonchev–Trinajstić information content (AvgIpc) is 2.89. The molecule has 1 aromatic heterocycles. The number of fused-ring (bicyclic) bond motifs is 1. The van der Waals surface area contributed by atoms with Gasteiger partial charge in [-0.05, 0) is 0 Å². The molecule has 1 aliphatic carbocycles. The molecule has 0 spiro atoms. The van der Waals surface area contributed by atoms with Crippen molar-refractivity contribution >= 4 is 62.9 Å². The molecule has 0 amide bonds. The van der Waals surface area contributed by atoms with Crippen molar-refractivity contribution < 1.29 is 21.6 Å². The van der Waals surface area contributed by atoms with Crippen LogP contribution in [0, 0.1) is 0 Å². The Kier molecular flexibility index (Phi) is 5.14. The van der Waals surface area contributed by atoms with Crippen LogP contribution in [0.2, 0.25) is 0 Å². The fourth-order valence-corrected chi connectivity index (χ4v) is 7.69. The van der Waals surface area contributed by atoms with Gasteiger partial charge in [0.1, 0.15) is 0 Å². The summed E-state index contributed by atoms with van der Waals surface area (Å²) in [6, 6.07) is 6.33. The van der Waals surface area contributed by atoms with Crippen molar-refractivity contribution in [3.63, 3.8) is 0 Å². The zero-order valence-electron chi connectivity index (χ0n) is 13.8. The molecule has 0 N–H and O–H groups in total. The van der Waals surface area contributed by atoms with E-state index in [4.69, 9.17) is 0 Å². The van der Waals surface area contributed by atoms with Gasteiger partial charge in [0.25, 0.3) is 0 Å². The number of aromatic nitrogens is 1. The quantitative estimate of drug-likeness (QED) is 0.326. The van der Waals surface area contributed by atoms with E-state index < -0.39 is 34.8 Å². The number of nitrogens with zero attached hydrogens (tertiary/aromatic N) is 1. The first kappa shape index (κ1) is 20.0. The molecule has 0 fully saturated rings. The van der Waals surface area contributed by atoms with Crippen LogP contribution in [0.1, 0.15) is 13.8 Å². The summed E-state index contributed by atoms with van der Waals surface area (Å²) in [6.07, 6.45) is 6.46. The molecule has 0 radical (unpaired) electrons. The second kappa shape index (κ2) is 6.68. The Balaban J connectivity index is 2.24. The van der Waals surface area contributed by atoms with Gasteiger partial charge in [0, 0.05) is 0 Å². The van der Waals surface area contributed by atoms with Gasteiger partial charge in [-0.15, -0.1) is 0 Å². The second-order valence-electron chi connectivity index (χ2n) is 6.19. The van der Waals surface area contributed by atoms with Crippen LogP contribution in [0.3, 0.4) is 0 Å². The third-order valence-electron chi connectivity index (χ3n) is 4.27. The second-order valence-corrected chi connectivity index (χ2v) is 12.1. The van der Waals surface area contributed by atoms with Crippen LogP contribution in [0.15, 0.2) is 54.3 Å². The van der Waals surface area contributed by atoms with Gasteiger partial charge in [-0.2, -0.15) is 0 Å². The first-order valence-electron chi connectivity index (χ1n) is 7.58. The first-order chi connectivity index (χ1) is 12.0. The minimum absolute atomic E-state index is 0.0184. The Hall–Kier alpha value is -0.771. The summed E-state index contributed by atoms with van der Waals surface area (Å²) in [6.45, 7) is 3.41. The van der Waals surface area contributed by atoms with E-state index in [2.05, 4.69) is 22.6 Å². The number of hydrogen-bond donors (Lipinski definition) is 0. The Bertz CT molecular complexity index is 1030. The Morgan fingerprint density at radius 2 is 1.92 bits per heavy atom. The molecular formula is C17H15F3INO2SSe. The molecule has 2 aromatic rings. The molecular weight excluding hydrogens is 545 g/mol. The van der Waals surface area contributed by atoms with Crippen LogP contribution in [-0.4, -0.2) is 41.1 Å². The van der Waals surface area contributed by atoms with Crippen LogP contribution in [0.25, 0.3) is 10.9 Å². The molecule has 1 aliphatic rings. The molecule has 0 bridgehead atoms. The summed E-state index contributed by atoms with van der Waals surface area (Å²) in [5, 5.41) is -4.03. The molecule has 140 valence electrons. The van der Waals surface area contributed by atoms with Crippen LogP contribution in [0.4, 0.5) is 13.2 Å². The zero-order valence-corrected chi connectivity index (χ0v) is 18.5. The van der Waals surface area contributed by atoms with E-state index in [9.17, 15) is 21.6 Å². The van der Waals surface area contributed by atoms with Crippen LogP contribution < -0.4 is 4.46 Å². The van der Waals surface area contributed by atoms with Gasteiger partial charge in [0.15, 0.2) is 0 Å². The van der Waals surface area contributed by atoms with Gasteiger partial charge >= 0.3 is 170 Å². The molecule has 26 heavy (non-hydrogen) atoms. The summed E-state index contributed by atoms with van der Waals surface area (Å²) in [5.41, 5.74) is 1.08. The SMILES string of the molecule is CC1=CC(C)(S(=O)(=O)n2cc([Se]C(F)(F)F)c3ccccc32)C(I)C=C1. The zero-order chi connectivity index (χ0) is 19.3. The van der Waals surface area contributed by atoms with Gasteiger partial charge < -0.3 is 0 Å². The predicted octanol–water partition coefficient (Wildman–Crippen LogP) is 3.75. The van der Waals surface area contributed by atoms with E-state index in [1.807, 2.05) is 6.08 Å². The number of rotatable bonds is 3. The van der Waals surface area contributed by atoms with Crippen molar-refractivity contribution in [3.8, 4) is 0 Å². The van der Waals surface area contributed by atoms with Crippen LogP contribution in [0.5, 0.6) is 0 Å². The number of allylic oxidation sites excluding steroid dienone is 3. The molecule has 9 heteroatoms. The summed E-state index contributed by atoms with van der Waals surface area (Å²) in [4.78, 5) is 0. The number of para-hydroxylation sites is 1. The Labute approximate surface area is 169 Å². The summed E-state index contributed by atoms with van der Waals surface area (Å²) in [7, 11) is -3.98. The molecule has 0 saturated carbocycles. The van der Waals surface area contributed by atoms with Gasteiger partial charge in [-0.1, -0.05) is 0 Å². The maximum absolute atomic E-state index is 13.5. The molecule has 2 atom stereocenters. The van der Waals surface area contributed by atoms with Crippen molar-refractivity contribution in [3.05, 3.63) is 54.3 Å². The van der Waals surface area contributed by atoms with E-state index in [1.54, 1.807) is 44.2 Å². The number of halogens is 4. The minimum atomic E-state index is -4.36.